The molecule has 0 aliphatic rings. The number of nitrogens with zero attached hydrogens (tertiary/aromatic N) is 1. The van der Waals surface area contributed by atoms with Crippen molar-refractivity contribution in [3.05, 3.63) is 58.9 Å². The molecule has 0 amide bonds. The summed E-state index contributed by atoms with van der Waals surface area (Å²) >= 11 is 0. The molecule has 0 saturated heterocycles. The molecule has 0 spiro atoms. The Kier molecular flexibility index (Phi) is 3.44. The number of hydrogen-bond donors (Lipinski definition) is 1. The van der Waals surface area contributed by atoms with E-state index < -0.39 is 5.97 Å². The molecule has 94 valence electrons. The molecule has 0 aliphatic heterocycles. The minimum absolute atomic E-state index is 0.222. The lowest BCUT2D eigenvalue weighted by atomic mass is 10.0. The Morgan fingerprint density at radius 3 is 2.47 bits per heavy atom. The SMILES string of the molecule is COC(=O)c1cc(C(=O)c2ccc(C#N)cc2)c[nH]1. The molecule has 1 heterocycles. The van der Waals surface area contributed by atoms with Gasteiger partial charge in [0.1, 0.15) is 5.69 Å². The third kappa shape index (κ3) is 2.53. The first kappa shape index (κ1) is 12.6. The van der Waals surface area contributed by atoms with Crippen LogP contribution in [0.2, 0.25) is 0 Å². The van der Waals surface area contributed by atoms with Gasteiger partial charge in [0.2, 0.25) is 0 Å². The molecule has 1 aromatic heterocycles. The van der Waals surface area contributed by atoms with Gasteiger partial charge in [-0.3, -0.25) is 4.79 Å². The van der Waals surface area contributed by atoms with Gasteiger partial charge in [-0.25, -0.2) is 4.79 Å². The fraction of sp³-hybridized carbons (Fsp3) is 0.0714. The summed E-state index contributed by atoms with van der Waals surface area (Å²) in [6, 6.07) is 9.71. The van der Waals surface area contributed by atoms with Crippen molar-refractivity contribution in [1.29, 1.82) is 5.26 Å². The van der Waals surface area contributed by atoms with Gasteiger partial charge >= 0.3 is 5.97 Å². The fourth-order valence-corrected chi connectivity index (χ4v) is 1.62. The molecule has 5 nitrogen and oxygen atoms in total. The highest BCUT2D eigenvalue weighted by molar-refractivity contribution is 6.09. The Balaban J connectivity index is 2.26. The van der Waals surface area contributed by atoms with E-state index in [0.717, 1.165) is 0 Å². The van der Waals surface area contributed by atoms with E-state index in [1.54, 1.807) is 24.3 Å². The van der Waals surface area contributed by atoms with Gasteiger partial charge in [0, 0.05) is 17.3 Å². The second-order valence-corrected chi connectivity index (χ2v) is 3.81. The molecule has 19 heavy (non-hydrogen) atoms. The number of nitriles is 1. The van der Waals surface area contributed by atoms with Crippen LogP contribution in [0, 0.1) is 11.3 Å². The highest BCUT2D eigenvalue weighted by atomic mass is 16.5. The number of aromatic nitrogens is 1. The monoisotopic (exact) mass is 254 g/mol. The zero-order valence-electron chi connectivity index (χ0n) is 10.1. The molecular weight excluding hydrogens is 244 g/mol. The van der Waals surface area contributed by atoms with Crippen LogP contribution in [0.25, 0.3) is 0 Å². The van der Waals surface area contributed by atoms with E-state index in [2.05, 4.69) is 9.72 Å². The molecule has 0 bridgehead atoms. The van der Waals surface area contributed by atoms with Crippen molar-refractivity contribution in [3.63, 3.8) is 0 Å². The first-order chi connectivity index (χ1) is 9.15. The predicted octanol–water partition coefficient (Wildman–Crippen LogP) is 1.90. The molecule has 0 unspecified atom stereocenters. The largest absolute Gasteiger partial charge is 0.464 e. The van der Waals surface area contributed by atoms with Gasteiger partial charge in [-0.1, -0.05) is 0 Å². The second kappa shape index (κ2) is 5.19. The summed E-state index contributed by atoms with van der Waals surface area (Å²) in [7, 11) is 1.27. The summed E-state index contributed by atoms with van der Waals surface area (Å²) in [6.07, 6.45) is 1.45. The predicted molar refractivity (Wildman–Crippen MR) is 66.7 cm³/mol. The number of nitrogens with one attached hydrogen (secondary N) is 1. The molecular formula is C14H10N2O3. The van der Waals surface area contributed by atoms with Crippen molar-refractivity contribution in [1.82, 2.24) is 4.98 Å². The van der Waals surface area contributed by atoms with Gasteiger partial charge in [0.15, 0.2) is 5.78 Å². The molecule has 1 aromatic carbocycles. The Bertz CT molecular complexity index is 663. The molecule has 0 atom stereocenters. The van der Waals surface area contributed by atoms with Crippen LogP contribution in [-0.2, 0) is 4.74 Å². The summed E-state index contributed by atoms with van der Waals surface area (Å²) in [5.74, 6) is -0.755. The molecule has 2 aromatic rings. The molecule has 0 fully saturated rings. The van der Waals surface area contributed by atoms with Gasteiger partial charge in [-0.2, -0.15) is 5.26 Å². The molecule has 2 rings (SSSR count). The Morgan fingerprint density at radius 1 is 1.21 bits per heavy atom. The van der Waals surface area contributed by atoms with E-state index in [4.69, 9.17) is 5.26 Å². The molecule has 0 radical (unpaired) electrons. The van der Waals surface area contributed by atoms with E-state index in [9.17, 15) is 9.59 Å². The topological polar surface area (TPSA) is 82.9 Å². The van der Waals surface area contributed by atoms with Crippen LogP contribution in [0.4, 0.5) is 0 Å². The smallest absolute Gasteiger partial charge is 0.354 e. The number of benzene rings is 1. The Morgan fingerprint density at radius 2 is 1.89 bits per heavy atom. The molecule has 5 heteroatoms. The van der Waals surface area contributed by atoms with Gasteiger partial charge < -0.3 is 9.72 Å². The molecule has 1 N–H and O–H groups in total. The summed E-state index contributed by atoms with van der Waals surface area (Å²) in [5, 5.41) is 8.68. The lowest BCUT2D eigenvalue weighted by molar-refractivity contribution is 0.0595. The summed E-state index contributed by atoms with van der Waals surface area (Å²) < 4.78 is 4.55. The van der Waals surface area contributed by atoms with Crippen LogP contribution in [0.15, 0.2) is 36.5 Å². The number of methoxy groups -OCH3 is 1. The second-order valence-electron chi connectivity index (χ2n) is 3.81. The van der Waals surface area contributed by atoms with Crippen LogP contribution in [0.3, 0.4) is 0 Å². The molecule has 0 saturated carbocycles. The number of aromatic amines is 1. The average Bonchev–Trinajstić information content (AvgIpc) is 2.95. The zero-order chi connectivity index (χ0) is 13.8. The quantitative estimate of drug-likeness (QED) is 0.669. The van der Waals surface area contributed by atoms with E-state index in [-0.39, 0.29) is 11.5 Å². The molecule has 0 aliphatic carbocycles. The van der Waals surface area contributed by atoms with Crippen molar-refractivity contribution in [2.24, 2.45) is 0 Å². The summed E-state index contributed by atoms with van der Waals surface area (Å²) in [5.41, 5.74) is 1.53. The van der Waals surface area contributed by atoms with Gasteiger partial charge in [0.25, 0.3) is 0 Å². The van der Waals surface area contributed by atoms with Crippen LogP contribution in [-0.4, -0.2) is 23.8 Å². The number of ether oxygens (including phenoxy) is 1. The average molecular weight is 254 g/mol. The van der Waals surface area contributed by atoms with Crippen LogP contribution >= 0.6 is 0 Å². The van der Waals surface area contributed by atoms with Crippen LogP contribution in [0.1, 0.15) is 32.0 Å². The summed E-state index contributed by atoms with van der Waals surface area (Å²) in [6.45, 7) is 0. The van der Waals surface area contributed by atoms with E-state index in [1.807, 2.05) is 6.07 Å². The van der Waals surface area contributed by atoms with Crippen LogP contribution < -0.4 is 0 Å². The van der Waals surface area contributed by atoms with Crippen molar-refractivity contribution in [2.75, 3.05) is 7.11 Å². The maximum atomic E-state index is 12.1. The number of esters is 1. The number of hydrogen-bond acceptors (Lipinski definition) is 4. The maximum absolute atomic E-state index is 12.1. The highest BCUT2D eigenvalue weighted by Crippen LogP contribution is 2.12. The number of rotatable bonds is 3. The van der Waals surface area contributed by atoms with Gasteiger partial charge in [0.05, 0.1) is 18.7 Å². The van der Waals surface area contributed by atoms with Crippen molar-refractivity contribution in [2.45, 2.75) is 0 Å². The Hall–Kier alpha value is -2.87. The third-order valence-electron chi connectivity index (χ3n) is 2.63. The van der Waals surface area contributed by atoms with E-state index >= 15 is 0 Å². The first-order valence-electron chi connectivity index (χ1n) is 5.47. The number of carbonyl (C=O) groups is 2. The summed E-state index contributed by atoms with van der Waals surface area (Å²) in [4.78, 5) is 26.1. The van der Waals surface area contributed by atoms with Gasteiger partial charge in [-0.15, -0.1) is 0 Å². The number of carbonyl (C=O) groups excluding carboxylic acids is 2. The Labute approximate surface area is 109 Å². The van der Waals surface area contributed by atoms with Crippen molar-refractivity contribution < 1.29 is 14.3 Å². The standard InChI is InChI=1S/C14H10N2O3/c1-19-14(18)12-6-11(8-16-12)13(17)10-4-2-9(7-15)3-5-10/h2-6,8,16H,1H3. The highest BCUT2D eigenvalue weighted by Gasteiger charge is 2.14. The normalized spacial score (nSPS) is 9.68. The van der Waals surface area contributed by atoms with Gasteiger partial charge in [-0.05, 0) is 30.3 Å². The minimum Gasteiger partial charge on any atom is -0.464 e. The maximum Gasteiger partial charge on any atom is 0.354 e. The van der Waals surface area contributed by atoms with E-state index in [0.29, 0.717) is 16.7 Å². The lowest BCUT2D eigenvalue weighted by Gasteiger charge is -1.97. The number of H-pyrrole nitrogens is 1. The van der Waals surface area contributed by atoms with Crippen LogP contribution in [0.5, 0.6) is 0 Å². The van der Waals surface area contributed by atoms with E-state index in [1.165, 1.54) is 19.4 Å². The third-order valence-corrected chi connectivity index (χ3v) is 2.63. The van der Waals surface area contributed by atoms with Crippen molar-refractivity contribution in [3.8, 4) is 6.07 Å². The zero-order valence-corrected chi connectivity index (χ0v) is 10.1. The number of ketones is 1. The first-order valence-corrected chi connectivity index (χ1v) is 5.47. The fourth-order valence-electron chi connectivity index (χ4n) is 1.62. The lowest BCUT2D eigenvalue weighted by Crippen LogP contribution is -2.02. The minimum atomic E-state index is -0.529. The van der Waals surface area contributed by atoms with Crippen molar-refractivity contribution >= 4 is 11.8 Å².